The second kappa shape index (κ2) is 6.07. The molecule has 1 saturated heterocycles. The molecule has 0 amide bonds. The standard InChI is InChI=1S/C13H22N4/c1-11(13-9-15-7-8-16-13)17(2)10-12-3-5-14-6-4-12/h7-9,11-12,14H,3-6,10H2,1-2H3/t11-/m1/s1. The first-order chi connectivity index (χ1) is 8.27. The van der Waals surface area contributed by atoms with Gasteiger partial charge in [-0.2, -0.15) is 0 Å². The molecule has 1 aromatic rings. The monoisotopic (exact) mass is 234 g/mol. The van der Waals surface area contributed by atoms with Crippen LogP contribution in [-0.4, -0.2) is 41.5 Å². The summed E-state index contributed by atoms with van der Waals surface area (Å²) in [5.74, 6) is 0.820. The summed E-state index contributed by atoms with van der Waals surface area (Å²) >= 11 is 0. The maximum Gasteiger partial charge on any atom is 0.0755 e. The van der Waals surface area contributed by atoms with Crippen LogP contribution in [0.25, 0.3) is 0 Å². The minimum atomic E-state index is 0.346. The van der Waals surface area contributed by atoms with Gasteiger partial charge in [0, 0.05) is 25.1 Å². The molecule has 0 aliphatic carbocycles. The van der Waals surface area contributed by atoms with Gasteiger partial charge in [-0.15, -0.1) is 0 Å². The van der Waals surface area contributed by atoms with E-state index in [4.69, 9.17) is 0 Å². The normalized spacial score (nSPS) is 19.5. The van der Waals surface area contributed by atoms with Crippen molar-refractivity contribution in [1.82, 2.24) is 20.2 Å². The fourth-order valence-electron chi connectivity index (χ4n) is 2.38. The fourth-order valence-corrected chi connectivity index (χ4v) is 2.38. The minimum absolute atomic E-state index is 0.346. The van der Waals surface area contributed by atoms with E-state index in [9.17, 15) is 0 Å². The molecule has 1 aliphatic rings. The van der Waals surface area contributed by atoms with Crippen molar-refractivity contribution in [2.75, 3.05) is 26.7 Å². The van der Waals surface area contributed by atoms with E-state index in [-0.39, 0.29) is 0 Å². The molecule has 0 unspecified atom stereocenters. The summed E-state index contributed by atoms with van der Waals surface area (Å²) in [6, 6.07) is 0.346. The molecule has 1 atom stereocenters. The number of rotatable bonds is 4. The van der Waals surface area contributed by atoms with Crippen molar-refractivity contribution in [3.63, 3.8) is 0 Å². The van der Waals surface area contributed by atoms with E-state index in [1.54, 1.807) is 12.4 Å². The quantitative estimate of drug-likeness (QED) is 0.856. The molecule has 0 spiro atoms. The van der Waals surface area contributed by atoms with Gasteiger partial charge in [0.15, 0.2) is 0 Å². The van der Waals surface area contributed by atoms with E-state index in [1.165, 1.54) is 12.8 Å². The van der Waals surface area contributed by atoms with Crippen LogP contribution in [0.2, 0.25) is 0 Å². The van der Waals surface area contributed by atoms with Crippen LogP contribution in [0.1, 0.15) is 31.5 Å². The van der Waals surface area contributed by atoms with Crippen molar-refractivity contribution in [2.45, 2.75) is 25.8 Å². The summed E-state index contributed by atoms with van der Waals surface area (Å²) in [5.41, 5.74) is 1.06. The highest BCUT2D eigenvalue weighted by molar-refractivity contribution is 5.00. The Morgan fingerprint density at radius 1 is 1.41 bits per heavy atom. The number of aromatic nitrogens is 2. The van der Waals surface area contributed by atoms with Crippen LogP contribution in [0, 0.1) is 5.92 Å². The Balaban J connectivity index is 1.88. The third-order valence-corrected chi connectivity index (χ3v) is 3.68. The Kier molecular flexibility index (Phi) is 4.45. The molecule has 2 rings (SSSR count). The highest BCUT2D eigenvalue weighted by Gasteiger charge is 2.19. The summed E-state index contributed by atoms with van der Waals surface area (Å²) in [4.78, 5) is 10.9. The number of hydrogen-bond donors (Lipinski definition) is 1. The van der Waals surface area contributed by atoms with Crippen LogP contribution in [0.3, 0.4) is 0 Å². The zero-order valence-corrected chi connectivity index (χ0v) is 10.8. The van der Waals surface area contributed by atoms with Gasteiger partial charge in [-0.1, -0.05) is 0 Å². The fraction of sp³-hybridized carbons (Fsp3) is 0.692. The van der Waals surface area contributed by atoms with Crippen LogP contribution < -0.4 is 5.32 Å². The Bertz CT molecular complexity index is 321. The zero-order chi connectivity index (χ0) is 12.1. The largest absolute Gasteiger partial charge is 0.317 e. The maximum atomic E-state index is 4.38. The molecule has 17 heavy (non-hydrogen) atoms. The lowest BCUT2D eigenvalue weighted by atomic mass is 9.97. The lowest BCUT2D eigenvalue weighted by Gasteiger charge is -2.30. The molecule has 4 heteroatoms. The molecule has 0 aromatic carbocycles. The van der Waals surface area contributed by atoms with E-state index in [2.05, 4.69) is 34.2 Å². The molecule has 0 saturated carbocycles. The first kappa shape index (κ1) is 12.5. The van der Waals surface area contributed by atoms with Crippen LogP contribution in [0.15, 0.2) is 18.6 Å². The van der Waals surface area contributed by atoms with E-state index in [1.807, 2.05) is 6.20 Å². The van der Waals surface area contributed by atoms with Crippen molar-refractivity contribution in [3.8, 4) is 0 Å². The smallest absolute Gasteiger partial charge is 0.0755 e. The highest BCUT2D eigenvalue weighted by Crippen LogP contribution is 2.20. The Morgan fingerprint density at radius 2 is 2.18 bits per heavy atom. The third kappa shape index (κ3) is 3.48. The van der Waals surface area contributed by atoms with Gasteiger partial charge >= 0.3 is 0 Å². The Morgan fingerprint density at radius 3 is 2.82 bits per heavy atom. The van der Waals surface area contributed by atoms with Crippen molar-refractivity contribution < 1.29 is 0 Å². The van der Waals surface area contributed by atoms with E-state index >= 15 is 0 Å². The minimum Gasteiger partial charge on any atom is -0.317 e. The molecule has 94 valence electrons. The van der Waals surface area contributed by atoms with Crippen LogP contribution in [0.5, 0.6) is 0 Å². The number of nitrogens with one attached hydrogen (secondary N) is 1. The predicted molar refractivity (Wildman–Crippen MR) is 68.7 cm³/mol. The summed E-state index contributed by atoms with van der Waals surface area (Å²) in [7, 11) is 2.18. The summed E-state index contributed by atoms with van der Waals surface area (Å²) in [6.07, 6.45) is 7.94. The lowest BCUT2D eigenvalue weighted by Crippen LogP contribution is -2.35. The van der Waals surface area contributed by atoms with Crippen LogP contribution >= 0.6 is 0 Å². The summed E-state index contributed by atoms with van der Waals surface area (Å²) < 4.78 is 0. The number of piperidine rings is 1. The van der Waals surface area contributed by atoms with Gasteiger partial charge in [0.25, 0.3) is 0 Å². The van der Waals surface area contributed by atoms with Gasteiger partial charge in [-0.3, -0.25) is 14.9 Å². The molecule has 1 N–H and O–H groups in total. The maximum absolute atomic E-state index is 4.38. The van der Waals surface area contributed by atoms with Crippen molar-refractivity contribution in [1.29, 1.82) is 0 Å². The van der Waals surface area contributed by atoms with Gasteiger partial charge in [0.05, 0.1) is 11.7 Å². The van der Waals surface area contributed by atoms with Crippen molar-refractivity contribution in [2.24, 2.45) is 5.92 Å². The molecule has 1 fully saturated rings. The molecular weight excluding hydrogens is 212 g/mol. The number of nitrogens with zero attached hydrogens (tertiary/aromatic N) is 3. The first-order valence-electron chi connectivity index (χ1n) is 6.44. The molecule has 2 heterocycles. The molecule has 4 nitrogen and oxygen atoms in total. The average Bonchev–Trinajstić information content (AvgIpc) is 2.40. The second-order valence-electron chi connectivity index (χ2n) is 4.94. The van der Waals surface area contributed by atoms with Gasteiger partial charge in [0.1, 0.15) is 0 Å². The molecule has 1 aromatic heterocycles. The lowest BCUT2D eigenvalue weighted by molar-refractivity contribution is 0.194. The second-order valence-corrected chi connectivity index (χ2v) is 4.94. The van der Waals surface area contributed by atoms with E-state index < -0.39 is 0 Å². The Hall–Kier alpha value is -1.00. The topological polar surface area (TPSA) is 41.1 Å². The molecule has 1 aliphatic heterocycles. The van der Waals surface area contributed by atoms with E-state index in [0.717, 1.165) is 31.2 Å². The number of hydrogen-bond acceptors (Lipinski definition) is 4. The predicted octanol–water partition coefficient (Wildman–Crippen LogP) is 1.47. The van der Waals surface area contributed by atoms with Crippen LogP contribution in [0.4, 0.5) is 0 Å². The van der Waals surface area contributed by atoms with Gasteiger partial charge in [-0.05, 0) is 45.8 Å². The Labute approximate surface area is 103 Å². The SMILES string of the molecule is C[C@H](c1cnccn1)N(C)CC1CCNCC1. The molecular formula is C13H22N4. The van der Waals surface area contributed by atoms with E-state index in [0.29, 0.717) is 6.04 Å². The zero-order valence-electron chi connectivity index (χ0n) is 10.8. The van der Waals surface area contributed by atoms with Gasteiger partial charge < -0.3 is 5.32 Å². The summed E-state index contributed by atoms with van der Waals surface area (Å²) in [6.45, 7) is 5.68. The van der Waals surface area contributed by atoms with Crippen molar-refractivity contribution >= 4 is 0 Å². The molecule has 0 radical (unpaired) electrons. The summed E-state index contributed by atoms with van der Waals surface area (Å²) in [5, 5.41) is 3.41. The third-order valence-electron chi connectivity index (χ3n) is 3.68. The highest BCUT2D eigenvalue weighted by atomic mass is 15.1. The average molecular weight is 234 g/mol. The van der Waals surface area contributed by atoms with Crippen LogP contribution in [-0.2, 0) is 0 Å². The van der Waals surface area contributed by atoms with Crippen molar-refractivity contribution in [3.05, 3.63) is 24.3 Å². The van der Waals surface area contributed by atoms with Gasteiger partial charge in [-0.25, -0.2) is 0 Å². The van der Waals surface area contributed by atoms with Gasteiger partial charge in [0.2, 0.25) is 0 Å². The molecule has 0 bridgehead atoms. The first-order valence-corrected chi connectivity index (χ1v) is 6.44.